The Kier molecular flexibility index (Phi) is 4.30. The van der Waals surface area contributed by atoms with Crippen LogP contribution in [0.4, 0.5) is 8.78 Å². The van der Waals surface area contributed by atoms with Gasteiger partial charge < -0.3 is 9.63 Å². The summed E-state index contributed by atoms with van der Waals surface area (Å²) >= 11 is 0. The Labute approximate surface area is 118 Å². The number of rotatable bonds is 5. The minimum atomic E-state index is -4.33. The summed E-state index contributed by atoms with van der Waals surface area (Å²) in [6, 6.07) is 1.57. The molecule has 0 fully saturated rings. The molecule has 0 spiro atoms. The van der Waals surface area contributed by atoms with Gasteiger partial charge in [-0.3, -0.25) is 0 Å². The highest BCUT2D eigenvalue weighted by atomic mass is 32.2. The Morgan fingerprint density at radius 1 is 1.38 bits per heavy atom. The highest BCUT2D eigenvalue weighted by molar-refractivity contribution is 7.89. The number of hydrogen-bond acceptors (Lipinski definition) is 6. The van der Waals surface area contributed by atoms with E-state index in [4.69, 9.17) is 5.11 Å². The van der Waals surface area contributed by atoms with Gasteiger partial charge in [-0.15, -0.1) is 0 Å². The number of aliphatic hydroxyl groups is 1. The number of halogens is 2. The maximum atomic E-state index is 13.6. The first-order chi connectivity index (χ1) is 9.83. The average molecular weight is 319 g/mol. The van der Waals surface area contributed by atoms with Crippen molar-refractivity contribution in [2.45, 2.75) is 25.0 Å². The molecule has 0 aliphatic carbocycles. The van der Waals surface area contributed by atoms with Crippen molar-refractivity contribution in [2.75, 3.05) is 0 Å². The van der Waals surface area contributed by atoms with Crippen molar-refractivity contribution in [3.63, 3.8) is 0 Å². The van der Waals surface area contributed by atoms with Crippen LogP contribution in [0.15, 0.2) is 21.6 Å². The van der Waals surface area contributed by atoms with Gasteiger partial charge in [-0.2, -0.15) is 4.98 Å². The van der Waals surface area contributed by atoms with Crippen molar-refractivity contribution < 1.29 is 26.8 Å². The van der Waals surface area contributed by atoms with E-state index in [-0.39, 0.29) is 23.8 Å². The van der Waals surface area contributed by atoms with Gasteiger partial charge in [0, 0.05) is 6.92 Å². The summed E-state index contributed by atoms with van der Waals surface area (Å²) in [7, 11) is -4.33. The van der Waals surface area contributed by atoms with Crippen LogP contribution in [0.3, 0.4) is 0 Å². The van der Waals surface area contributed by atoms with E-state index in [0.717, 1.165) is 12.1 Å². The lowest BCUT2D eigenvalue weighted by Crippen LogP contribution is -2.25. The number of aryl methyl sites for hydroxylation is 1. The molecule has 0 amide bonds. The van der Waals surface area contributed by atoms with Crippen LogP contribution in [0, 0.1) is 18.6 Å². The van der Waals surface area contributed by atoms with Crippen LogP contribution in [-0.4, -0.2) is 23.7 Å². The number of aromatic nitrogens is 2. The molecule has 0 saturated heterocycles. The second kappa shape index (κ2) is 5.84. The van der Waals surface area contributed by atoms with Crippen LogP contribution < -0.4 is 4.72 Å². The third kappa shape index (κ3) is 3.40. The molecule has 2 aromatic rings. The van der Waals surface area contributed by atoms with Gasteiger partial charge in [0.05, 0.1) is 13.2 Å². The normalized spacial score (nSPS) is 11.8. The molecule has 0 aliphatic heterocycles. The smallest absolute Gasteiger partial charge is 0.244 e. The van der Waals surface area contributed by atoms with Crippen LogP contribution in [0.5, 0.6) is 0 Å². The Morgan fingerprint density at radius 3 is 2.67 bits per heavy atom. The van der Waals surface area contributed by atoms with E-state index >= 15 is 0 Å². The number of hydrogen-bond donors (Lipinski definition) is 2. The lowest BCUT2D eigenvalue weighted by molar-refractivity contribution is 0.280. The zero-order chi connectivity index (χ0) is 15.6. The number of nitrogens with one attached hydrogen (secondary N) is 1. The molecule has 21 heavy (non-hydrogen) atoms. The summed E-state index contributed by atoms with van der Waals surface area (Å²) in [4.78, 5) is 2.87. The predicted molar refractivity (Wildman–Crippen MR) is 65.3 cm³/mol. The second-order valence-electron chi connectivity index (χ2n) is 4.10. The first-order valence-corrected chi connectivity index (χ1v) is 7.19. The fourth-order valence-electron chi connectivity index (χ4n) is 1.55. The monoisotopic (exact) mass is 319 g/mol. The minimum absolute atomic E-state index is 0.0512. The summed E-state index contributed by atoms with van der Waals surface area (Å²) in [5.74, 6) is -2.60. The van der Waals surface area contributed by atoms with E-state index in [9.17, 15) is 17.2 Å². The fraction of sp³-hybridized carbons (Fsp3) is 0.273. The van der Waals surface area contributed by atoms with E-state index in [1.54, 1.807) is 0 Å². The van der Waals surface area contributed by atoms with Crippen molar-refractivity contribution >= 4 is 10.0 Å². The third-order valence-electron chi connectivity index (χ3n) is 2.52. The average Bonchev–Trinajstić information content (AvgIpc) is 2.85. The Bertz CT molecular complexity index is 761. The standard InChI is InChI=1S/C11H11F2N3O4S/c1-6-15-10(16-20-6)4-14-21(18,19)9-3-7(5-17)2-8(12)11(9)13/h2-3,14,17H,4-5H2,1H3. The van der Waals surface area contributed by atoms with Crippen LogP contribution in [0.25, 0.3) is 0 Å². The molecule has 1 aromatic carbocycles. The molecule has 1 aromatic heterocycles. The van der Waals surface area contributed by atoms with Gasteiger partial charge in [0.15, 0.2) is 17.5 Å². The fourth-order valence-corrected chi connectivity index (χ4v) is 2.67. The summed E-state index contributed by atoms with van der Waals surface area (Å²) in [6.07, 6.45) is 0. The molecule has 7 nitrogen and oxygen atoms in total. The zero-order valence-corrected chi connectivity index (χ0v) is 11.6. The third-order valence-corrected chi connectivity index (χ3v) is 3.92. The first kappa shape index (κ1) is 15.5. The van der Waals surface area contributed by atoms with Gasteiger partial charge >= 0.3 is 0 Å². The zero-order valence-electron chi connectivity index (χ0n) is 10.8. The molecule has 1 heterocycles. The van der Waals surface area contributed by atoms with E-state index in [2.05, 4.69) is 14.7 Å². The van der Waals surface area contributed by atoms with Crippen LogP contribution in [-0.2, 0) is 23.2 Å². The van der Waals surface area contributed by atoms with Crippen molar-refractivity contribution in [1.29, 1.82) is 0 Å². The van der Waals surface area contributed by atoms with Gasteiger partial charge in [0.1, 0.15) is 4.90 Å². The summed E-state index contributed by atoms with van der Waals surface area (Å²) in [5.41, 5.74) is -0.0651. The van der Waals surface area contributed by atoms with Crippen molar-refractivity contribution in [1.82, 2.24) is 14.9 Å². The molecule has 114 valence electrons. The summed E-state index contributed by atoms with van der Waals surface area (Å²) in [6.45, 7) is 0.554. The molecular weight excluding hydrogens is 308 g/mol. The van der Waals surface area contributed by atoms with Crippen LogP contribution >= 0.6 is 0 Å². The predicted octanol–water partition coefficient (Wildman–Crippen LogP) is 0.627. The molecule has 0 radical (unpaired) electrons. The molecule has 0 saturated carbocycles. The topological polar surface area (TPSA) is 105 Å². The Morgan fingerprint density at radius 2 is 2.10 bits per heavy atom. The summed E-state index contributed by atoms with van der Waals surface area (Å²) in [5, 5.41) is 12.4. The van der Waals surface area contributed by atoms with Gasteiger partial charge in [0.25, 0.3) is 0 Å². The van der Waals surface area contributed by atoms with E-state index < -0.39 is 33.2 Å². The number of aliphatic hydroxyl groups excluding tert-OH is 1. The number of sulfonamides is 1. The molecule has 0 unspecified atom stereocenters. The first-order valence-electron chi connectivity index (χ1n) is 5.71. The maximum Gasteiger partial charge on any atom is 0.244 e. The lowest BCUT2D eigenvalue weighted by atomic mass is 10.2. The van der Waals surface area contributed by atoms with Crippen molar-refractivity contribution in [3.05, 3.63) is 41.0 Å². The van der Waals surface area contributed by atoms with E-state index in [1.165, 1.54) is 6.92 Å². The lowest BCUT2D eigenvalue weighted by Gasteiger charge is -2.08. The SMILES string of the molecule is Cc1nc(CNS(=O)(=O)c2cc(CO)cc(F)c2F)no1. The highest BCUT2D eigenvalue weighted by Crippen LogP contribution is 2.20. The van der Waals surface area contributed by atoms with Crippen LogP contribution in [0.2, 0.25) is 0 Å². The molecule has 0 aliphatic rings. The summed E-state index contributed by atoms with van der Waals surface area (Å²) < 4.78 is 57.5. The van der Waals surface area contributed by atoms with Gasteiger partial charge in [-0.25, -0.2) is 21.9 Å². The van der Waals surface area contributed by atoms with Gasteiger partial charge in [0.2, 0.25) is 15.9 Å². The Hall–Kier alpha value is -1.91. The molecule has 2 N–H and O–H groups in total. The number of benzene rings is 1. The molecule has 0 bridgehead atoms. The van der Waals surface area contributed by atoms with E-state index in [1.807, 2.05) is 4.72 Å². The second-order valence-corrected chi connectivity index (χ2v) is 5.84. The van der Waals surface area contributed by atoms with Crippen molar-refractivity contribution in [2.24, 2.45) is 0 Å². The molecular formula is C11H11F2N3O4S. The van der Waals surface area contributed by atoms with Gasteiger partial charge in [-0.05, 0) is 17.7 Å². The molecule has 10 heteroatoms. The van der Waals surface area contributed by atoms with Crippen molar-refractivity contribution in [3.8, 4) is 0 Å². The molecule has 2 rings (SSSR count). The quantitative estimate of drug-likeness (QED) is 0.837. The Balaban J connectivity index is 2.29. The molecule has 0 atom stereocenters. The van der Waals surface area contributed by atoms with E-state index in [0.29, 0.717) is 0 Å². The van der Waals surface area contributed by atoms with Crippen LogP contribution in [0.1, 0.15) is 17.3 Å². The minimum Gasteiger partial charge on any atom is -0.392 e. The number of nitrogens with zero attached hydrogens (tertiary/aromatic N) is 2. The maximum absolute atomic E-state index is 13.6. The van der Waals surface area contributed by atoms with Gasteiger partial charge in [-0.1, -0.05) is 5.16 Å². The highest BCUT2D eigenvalue weighted by Gasteiger charge is 2.23. The largest absolute Gasteiger partial charge is 0.392 e.